The molecule has 1 saturated carbocycles. The van der Waals surface area contributed by atoms with Gasteiger partial charge < -0.3 is 10.0 Å². The summed E-state index contributed by atoms with van der Waals surface area (Å²) < 4.78 is 0. The SMILES string of the molecule is CN(Cc1cscn1)CC1CCCCCC1O. The summed E-state index contributed by atoms with van der Waals surface area (Å²) in [7, 11) is 2.12. The largest absolute Gasteiger partial charge is 0.393 e. The molecule has 0 saturated heterocycles. The Hall–Kier alpha value is -0.450. The van der Waals surface area contributed by atoms with Crippen LogP contribution in [0.25, 0.3) is 0 Å². The summed E-state index contributed by atoms with van der Waals surface area (Å²) in [5.41, 5.74) is 3.02. The minimum Gasteiger partial charge on any atom is -0.393 e. The fraction of sp³-hybridized carbons (Fsp3) is 0.769. The lowest BCUT2D eigenvalue weighted by molar-refractivity contribution is 0.0778. The van der Waals surface area contributed by atoms with E-state index >= 15 is 0 Å². The number of hydrogen-bond donors (Lipinski definition) is 1. The molecule has 0 radical (unpaired) electrons. The number of nitrogens with zero attached hydrogens (tertiary/aromatic N) is 2. The number of aliphatic hydroxyl groups is 1. The number of hydrogen-bond acceptors (Lipinski definition) is 4. The maximum atomic E-state index is 10.1. The second-order valence-electron chi connectivity index (χ2n) is 5.14. The molecule has 2 atom stereocenters. The van der Waals surface area contributed by atoms with E-state index < -0.39 is 0 Å². The Balaban J connectivity index is 1.82. The normalized spacial score (nSPS) is 26.1. The maximum absolute atomic E-state index is 10.1. The Morgan fingerprint density at radius 2 is 2.24 bits per heavy atom. The number of aliphatic hydroxyl groups excluding tert-OH is 1. The second kappa shape index (κ2) is 6.47. The topological polar surface area (TPSA) is 36.4 Å². The minimum absolute atomic E-state index is 0.101. The molecule has 1 fully saturated rings. The van der Waals surface area contributed by atoms with Crippen molar-refractivity contribution in [2.24, 2.45) is 5.92 Å². The van der Waals surface area contributed by atoms with Crippen molar-refractivity contribution in [3.05, 3.63) is 16.6 Å². The van der Waals surface area contributed by atoms with Crippen LogP contribution in [0.15, 0.2) is 10.9 Å². The van der Waals surface area contributed by atoms with E-state index in [1.54, 1.807) is 11.3 Å². The van der Waals surface area contributed by atoms with E-state index in [0.717, 1.165) is 25.2 Å². The van der Waals surface area contributed by atoms with Gasteiger partial charge in [0.15, 0.2) is 0 Å². The summed E-state index contributed by atoms with van der Waals surface area (Å²) in [4.78, 5) is 6.59. The van der Waals surface area contributed by atoms with E-state index in [1.165, 1.54) is 25.7 Å². The molecule has 1 heterocycles. The minimum atomic E-state index is -0.101. The van der Waals surface area contributed by atoms with Gasteiger partial charge in [-0.2, -0.15) is 0 Å². The molecule has 1 N–H and O–H groups in total. The average molecular weight is 254 g/mol. The Morgan fingerprint density at radius 1 is 1.41 bits per heavy atom. The van der Waals surface area contributed by atoms with Crippen LogP contribution >= 0.6 is 11.3 Å². The zero-order valence-corrected chi connectivity index (χ0v) is 11.3. The van der Waals surface area contributed by atoms with Crippen molar-refractivity contribution in [3.63, 3.8) is 0 Å². The lowest BCUT2D eigenvalue weighted by Gasteiger charge is -2.25. The molecular formula is C13H22N2OS. The molecular weight excluding hydrogens is 232 g/mol. The fourth-order valence-electron chi connectivity index (χ4n) is 2.63. The third-order valence-corrected chi connectivity index (χ3v) is 4.22. The van der Waals surface area contributed by atoms with Crippen LogP contribution in [0.1, 0.15) is 37.8 Å². The molecule has 0 amide bonds. The lowest BCUT2D eigenvalue weighted by Crippen LogP contribution is -2.32. The van der Waals surface area contributed by atoms with Gasteiger partial charge in [0.1, 0.15) is 0 Å². The monoisotopic (exact) mass is 254 g/mol. The van der Waals surface area contributed by atoms with Crippen LogP contribution in [-0.2, 0) is 6.54 Å². The molecule has 1 aliphatic rings. The highest BCUT2D eigenvalue weighted by Crippen LogP contribution is 2.24. The maximum Gasteiger partial charge on any atom is 0.0795 e. The Morgan fingerprint density at radius 3 is 3.00 bits per heavy atom. The van der Waals surface area contributed by atoms with Gasteiger partial charge in [-0.1, -0.05) is 19.3 Å². The van der Waals surface area contributed by atoms with Gasteiger partial charge in [0.2, 0.25) is 0 Å². The van der Waals surface area contributed by atoms with Crippen molar-refractivity contribution in [2.75, 3.05) is 13.6 Å². The molecule has 0 aliphatic heterocycles. The van der Waals surface area contributed by atoms with Crippen LogP contribution in [-0.4, -0.2) is 34.7 Å². The first-order valence-corrected chi connectivity index (χ1v) is 7.43. The van der Waals surface area contributed by atoms with Crippen molar-refractivity contribution in [2.45, 2.75) is 44.8 Å². The van der Waals surface area contributed by atoms with E-state index in [1.807, 2.05) is 5.51 Å². The summed E-state index contributed by atoms with van der Waals surface area (Å²) in [5, 5.41) is 12.2. The zero-order chi connectivity index (χ0) is 12.1. The first-order chi connectivity index (χ1) is 8.25. The molecule has 1 aromatic rings. The predicted octanol–water partition coefficient (Wildman–Crippen LogP) is 2.52. The molecule has 1 aromatic heterocycles. The first kappa shape index (κ1) is 13.0. The van der Waals surface area contributed by atoms with E-state index in [9.17, 15) is 5.11 Å². The van der Waals surface area contributed by atoms with E-state index in [-0.39, 0.29) is 6.10 Å². The van der Waals surface area contributed by atoms with Crippen molar-refractivity contribution in [1.29, 1.82) is 0 Å². The molecule has 96 valence electrons. The highest BCUT2D eigenvalue weighted by atomic mass is 32.1. The molecule has 1 aliphatic carbocycles. The van der Waals surface area contributed by atoms with E-state index in [4.69, 9.17) is 0 Å². The Kier molecular flexibility index (Phi) is 4.95. The molecule has 2 unspecified atom stereocenters. The molecule has 0 spiro atoms. The molecule has 0 aromatic carbocycles. The van der Waals surface area contributed by atoms with Crippen LogP contribution < -0.4 is 0 Å². The van der Waals surface area contributed by atoms with Crippen LogP contribution in [0.2, 0.25) is 0 Å². The van der Waals surface area contributed by atoms with Gasteiger partial charge in [0, 0.05) is 18.5 Å². The number of rotatable bonds is 4. The molecule has 3 nitrogen and oxygen atoms in total. The summed E-state index contributed by atoms with van der Waals surface area (Å²) in [6.45, 7) is 1.88. The summed E-state index contributed by atoms with van der Waals surface area (Å²) in [5.74, 6) is 0.445. The molecule has 17 heavy (non-hydrogen) atoms. The Labute approximate surface area is 107 Å². The third-order valence-electron chi connectivity index (χ3n) is 3.58. The van der Waals surface area contributed by atoms with Gasteiger partial charge in [-0.05, 0) is 25.8 Å². The van der Waals surface area contributed by atoms with Crippen molar-refractivity contribution in [1.82, 2.24) is 9.88 Å². The smallest absolute Gasteiger partial charge is 0.0795 e. The third kappa shape index (κ3) is 4.05. The number of aromatic nitrogens is 1. The van der Waals surface area contributed by atoms with Gasteiger partial charge in [-0.25, -0.2) is 4.98 Å². The second-order valence-corrected chi connectivity index (χ2v) is 5.86. The highest BCUT2D eigenvalue weighted by molar-refractivity contribution is 7.07. The summed E-state index contributed by atoms with van der Waals surface area (Å²) >= 11 is 1.64. The van der Waals surface area contributed by atoms with Gasteiger partial charge in [0.05, 0.1) is 17.3 Å². The van der Waals surface area contributed by atoms with Gasteiger partial charge in [-0.3, -0.25) is 0 Å². The Bertz CT molecular complexity index is 315. The summed E-state index contributed by atoms with van der Waals surface area (Å²) in [6, 6.07) is 0. The highest BCUT2D eigenvalue weighted by Gasteiger charge is 2.22. The lowest BCUT2D eigenvalue weighted by atomic mass is 9.97. The first-order valence-electron chi connectivity index (χ1n) is 6.49. The van der Waals surface area contributed by atoms with Crippen LogP contribution in [0.4, 0.5) is 0 Å². The van der Waals surface area contributed by atoms with Crippen LogP contribution in [0, 0.1) is 5.92 Å². The molecule has 4 heteroatoms. The fourth-order valence-corrected chi connectivity index (χ4v) is 3.18. The quantitative estimate of drug-likeness (QED) is 0.839. The summed E-state index contributed by atoms with van der Waals surface area (Å²) in [6.07, 6.45) is 5.79. The van der Waals surface area contributed by atoms with Crippen molar-refractivity contribution in [3.8, 4) is 0 Å². The van der Waals surface area contributed by atoms with Crippen molar-refractivity contribution < 1.29 is 5.11 Å². The van der Waals surface area contributed by atoms with E-state index in [2.05, 4.69) is 22.3 Å². The van der Waals surface area contributed by atoms with Crippen LogP contribution in [0.3, 0.4) is 0 Å². The predicted molar refractivity (Wildman–Crippen MR) is 71.0 cm³/mol. The standard InChI is InChI=1S/C13H22N2OS/c1-15(8-12-9-17-10-14-12)7-11-5-3-2-4-6-13(11)16/h9-11,13,16H,2-8H2,1H3. The molecule has 0 bridgehead atoms. The van der Waals surface area contributed by atoms with Gasteiger partial charge in [0.25, 0.3) is 0 Å². The van der Waals surface area contributed by atoms with Gasteiger partial charge >= 0.3 is 0 Å². The molecule has 2 rings (SSSR count). The average Bonchev–Trinajstić information content (AvgIpc) is 2.71. The number of thiazole rings is 1. The van der Waals surface area contributed by atoms with E-state index in [0.29, 0.717) is 5.92 Å². The van der Waals surface area contributed by atoms with Gasteiger partial charge in [-0.15, -0.1) is 11.3 Å². The zero-order valence-electron chi connectivity index (χ0n) is 10.5. The van der Waals surface area contributed by atoms with Crippen molar-refractivity contribution >= 4 is 11.3 Å². The van der Waals surface area contributed by atoms with Crippen LogP contribution in [0.5, 0.6) is 0 Å².